The van der Waals surface area contributed by atoms with E-state index in [1.807, 2.05) is 30.3 Å². The lowest BCUT2D eigenvalue weighted by atomic mass is 10.1. The van der Waals surface area contributed by atoms with Gasteiger partial charge in [0.2, 0.25) is 5.91 Å². The molecule has 0 aliphatic carbocycles. The maximum atomic E-state index is 13.0. The molecule has 0 saturated carbocycles. The van der Waals surface area contributed by atoms with E-state index in [1.54, 1.807) is 24.3 Å². The Hall–Kier alpha value is -3.65. The van der Waals surface area contributed by atoms with Gasteiger partial charge in [0, 0.05) is 10.9 Å². The Balaban J connectivity index is 1.70. The SMILES string of the molecule is O=C(Cn1c(=O)nc(-c2ccccc2)c2ccccc21)Nc1cc(C(F)(F)F)ccc1Cl. The van der Waals surface area contributed by atoms with Crippen molar-refractivity contribution in [3.8, 4) is 11.3 Å². The lowest BCUT2D eigenvalue weighted by Gasteiger charge is -2.14. The van der Waals surface area contributed by atoms with Crippen LogP contribution in [0.15, 0.2) is 77.6 Å². The molecule has 0 unspecified atom stereocenters. The largest absolute Gasteiger partial charge is 0.416 e. The molecule has 1 N–H and O–H groups in total. The van der Waals surface area contributed by atoms with Gasteiger partial charge in [-0.2, -0.15) is 18.2 Å². The zero-order valence-electron chi connectivity index (χ0n) is 16.4. The molecule has 0 atom stereocenters. The highest BCUT2D eigenvalue weighted by molar-refractivity contribution is 6.33. The molecule has 4 rings (SSSR count). The molecule has 0 aliphatic rings. The van der Waals surface area contributed by atoms with E-state index in [9.17, 15) is 22.8 Å². The lowest BCUT2D eigenvalue weighted by Crippen LogP contribution is -2.30. The van der Waals surface area contributed by atoms with Gasteiger partial charge in [-0.05, 0) is 24.3 Å². The number of anilines is 1. The molecule has 0 bridgehead atoms. The summed E-state index contributed by atoms with van der Waals surface area (Å²) in [5.74, 6) is -0.715. The average Bonchev–Trinajstić information content (AvgIpc) is 2.77. The summed E-state index contributed by atoms with van der Waals surface area (Å²) in [7, 11) is 0. The number of hydrogen-bond acceptors (Lipinski definition) is 3. The first kappa shape index (κ1) is 21.6. The van der Waals surface area contributed by atoms with Crippen molar-refractivity contribution >= 4 is 34.1 Å². The minimum Gasteiger partial charge on any atom is -0.323 e. The molecule has 32 heavy (non-hydrogen) atoms. The van der Waals surface area contributed by atoms with Crippen molar-refractivity contribution in [2.24, 2.45) is 0 Å². The fourth-order valence-electron chi connectivity index (χ4n) is 3.33. The van der Waals surface area contributed by atoms with E-state index < -0.39 is 29.9 Å². The van der Waals surface area contributed by atoms with Crippen LogP contribution >= 0.6 is 11.6 Å². The van der Waals surface area contributed by atoms with Gasteiger partial charge in [-0.15, -0.1) is 0 Å². The third-order valence-electron chi connectivity index (χ3n) is 4.81. The standard InChI is InChI=1S/C23H15ClF3N3O2/c24-17-11-10-15(23(25,26)27)12-18(17)28-20(31)13-30-19-9-5-4-8-16(19)21(29-22(30)32)14-6-2-1-3-7-14/h1-12H,13H2,(H,28,31). The molecular formula is C23H15ClF3N3O2. The third kappa shape index (κ3) is 4.36. The minimum absolute atomic E-state index is 0.0545. The van der Waals surface area contributed by atoms with Crippen LogP contribution in [0.25, 0.3) is 22.2 Å². The molecule has 0 spiro atoms. The zero-order valence-corrected chi connectivity index (χ0v) is 17.1. The summed E-state index contributed by atoms with van der Waals surface area (Å²) in [5, 5.41) is 2.95. The Kier molecular flexibility index (Phi) is 5.71. The quantitative estimate of drug-likeness (QED) is 0.448. The summed E-state index contributed by atoms with van der Waals surface area (Å²) in [6, 6.07) is 18.7. The van der Waals surface area contributed by atoms with Gasteiger partial charge in [0.15, 0.2) is 0 Å². The van der Waals surface area contributed by atoms with Crippen LogP contribution < -0.4 is 11.0 Å². The molecule has 9 heteroatoms. The first-order valence-corrected chi connectivity index (χ1v) is 9.83. The Bertz CT molecular complexity index is 1370. The predicted molar refractivity (Wildman–Crippen MR) is 117 cm³/mol. The van der Waals surface area contributed by atoms with E-state index in [-0.39, 0.29) is 10.7 Å². The number of nitrogens with one attached hydrogen (secondary N) is 1. The van der Waals surface area contributed by atoms with Crippen molar-refractivity contribution in [1.82, 2.24) is 9.55 Å². The number of rotatable bonds is 4. The van der Waals surface area contributed by atoms with Crippen LogP contribution in [0.1, 0.15) is 5.56 Å². The van der Waals surface area contributed by atoms with E-state index in [0.717, 1.165) is 23.8 Å². The summed E-state index contributed by atoms with van der Waals surface area (Å²) < 4.78 is 40.1. The highest BCUT2D eigenvalue weighted by Gasteiger charge is 2.31. The van der Waals surface area contributed by atoms with Crippen LogP contribution in [0.3, 0.4) is 0 Å². The lowest BCUT2D eigenvalue weighted by molar-refractivity contribution is -0.137. The first-order chi connectivity index (χ1) is 15.2. The molecule has 1 heterocycles. The number of aromatic nitrogens is 2. The topological polar surface area (TPSA) is 64.0 Å². The van der Waals surface area contributed by atoms with Crippen LogP contribution in [0, 0.1) is 0 Å². The molecule has 162 valence electrons. The van der Waals surface area contributed by atoms with Crippen molar-refractivity contribution in [1.29, 1.82) is 0 Å². The maximum Gasteiger partial charge on any atom is 0.416 e. The summed E-state index contributed by atoms with van der Waals surface area (Å²) in [6.45, 7) is -0.450. The normalized spacial score (nSPS) is 11.5. The number of nitrogens with zero attached hydrogens (tertiary/aromatic N) is 2. The molecular weight excluding hydrogens is 443 g/mol. The summed E-state index contributed by atoms with van der Waals surface area (Å²) in [5.41, 5.74) is -0.118. The monoisotopic (exact) mass is 457 g/mol. The van der Waals surface area contributed by atoms with Crippen LogP contribution in [0.4, 0.5) is 18.9 Å². The van der Waals surface area contributed by atoms with Gasteiger partial charge < -0.3 is 5.32 Å². The Morgan fingerprint density at radius 3 is 2.41 bits per heavy atom. The van der Waals surface area contributed by atoms with Gasteiger partial charge in [0.25, 0.3) is 0 Å². The molecule has 0 radical (unpaired) electrons. The van der Waals surface area contributed by atoms with E-state index in [1.165, 1.54) is 4.57 Å². The van der Waals surface area contributed by atoms with Crippen molar-refractivity contribution in [3.63, 3.8) is 0 Å². The van der Waals surface area contributed by atoms with Crippen molar-refractivity contribution in [2.75, 3.05) is 5.32 Å². The molecule has 1 amide bonds. The third-order valence-corrected chi connectivity index (χ3v) is 5.13. The fraction of sp³-hybridized carbons (Fsp3) is 0.0870. The molecule has 4 aromatic rings. The second kappa shape index (κ2) is 8.47. The fourth-order valence-corrected chi connectivity index (χ4v) is 3.49. The maximum absolute atomic E-state index is 13.0. The first-order valence-electron chi connectivity index (χ1n) is 9.45. The van der Waals surface area contributed by atoms with E-state index in [4.69, 9.17) is 11.6 Å². The number of para-hydroxylation sites is 1. The van der Waals surface area contributed by atoms with E-state index >= 15 is 0 Å². The van der Waals surface area contributed by atoms with Gasteiger partial charge in [0.1, 0.15) is 6.54 Å². The highest BCUT2D eigenvalue weighted by atomic mass is 35.5. The number of fused-ring (bicyclic) bond motifs is 1. The highest BCUT2D eigenvalue weighted by Crippen LogP contribution is 2.34. The van der Waals surface area contributed by atoms with Crippen LogP contribution in [-0.2, 0) is 17.5 Å². The zero-order chi connectivity index (χ0) is 22.9. The number of amides is 1. The Morgan fingerprint density at radius 2 is 1.69 bits per heavy atom. The second-order valence-corrected chi connectivity index (χ2v) is 7.36. The molecule has 1 aromatic heterocycles. The van der Waals surface area contributed by atoms with Crippen LogP contribution in [0.5, 0.6) is 0 Å². The predicted octanol–water partition coefficient (Wildman–Crippen LogP) is 5.37. The average molecular weight is 458 g/mol. The summed E-state index contributed by atoms with van der Waals surface area (Å²) in [6.07, 6.45) is -4.59. The summed E-state index contributed by atoms with van der Waals surface area (Å²) in [4.78, 5) is 29.5. The number of alkyl halides is 3. The molecule has 0 fully saturated rings. The smallest absolute Gasteiger partial charge is 0.323 e. The van der Waals surface area contributed by atoms with Crippen molar-refractivity contribution < 1.29 is 18.0 Å². The van der Waals surface area contributed by atoms with Crippen molar-refractivity contribution in [3.05, 3.63) is 93.9 Å². The van der Waals surface area contributed by atoms with Gasteiger partial charge in [-0.25, -0.2) is 4.79 Å². The van der Waals surface area contributed by atoms with Crippen molar-refractivity contribution in [2.45, 2.75) is 12.7 Å². The molecule has 5 nitrogen and oxygen atoms in total. The Labute approximate surface area is 185 Å². The second-order valence-electron chi connectivity index (χ2n) is 6.95. The minimum atomic E-state index is -4.59. The van der Waals surface area contributed by atoms with Crippen LogP contribution in [-0.4, -0.2) is 15.5 Å². The number of hydrogen-bond donors (Lipinski definition) is 1. The van der Waals surface area contributed by atoms with Crippen LogP contribution in [0.2, 0.25) is 5.02 Å². The molecule has 0 saturated heterocycles. The van der Waals surface area contributed by atoms with Gasteiger partial charge in [-0.3, -0.25) is 9.36 Å². The molecule has 3 aromatic carbocycles. The molecule has 0 aliphatic heterocycles. The van der Waals surface area contributed by atoms with E-state index in [2.05, 4.69) is 10.3 Å². The van der Waals surface area contributed by atoms with E-state index in [0.29, 0.717) is 16.6 Å². The van der Waals surface area contributed by atoms with Gasteiger partial charge in [0.05, 0.1) is 27.5 Å². The van der Waals surface area contributed by atoms with Gasteiger partial charge >= 0.3 is 11.9 Å². The number of carbonyl (C=O) groups excluding carboxylic acids is 1. The number of halogens is 4. The van der Waals surface area contributed by atoms with Gasteiger partial charge in [-0.1, -0.05) is 60.1 Å². The Morgan fingerprint density at radius 1 is 1.00 bits per heavy atom. The summed E-state index contributed by atoms with van der Waals surface area (Å²) >= 11 is 5.95. The number of benzene rings is 3. The number of carbonyl (C=O) groups is 1.